The molecule has 31 heavy (non-hydrogen) atoms. The van der Waals surface area contributed by atoms with Crippen molar-refractivity contribution in [3.8, 4) is 5.75 Å². The van der Waals surface area contributed by atoms with Gasteiger partial charge in [0.1, 0.15) is 29.7 Å². The highest BCUT2D eigenvalue weighted by Gasteiger charge is 2.47. The number of rotatable bonds is 2. The minimum atomic E-state index is 0.0513. The first-order chi connectivity index (χ1) is 14.6. The molecule has 0 amide bonds. The molecule has 1 unspecified atom stereocenters. The summed E-state index contributed by atoms with van der Waals surface area (Å²) in [6.07, 6.45) is 2.29. The molecule has 5 nitrogen and oxygen atoms in total. The van der Waals surface area contributed by atoms with E-state index in [1.54, 1.807) is 6.92 Å². The third kappa shape index (κ3) is 3.35. The van der Waals surface area contributed by atoms with Gasteiger partial charge in [-0.2, -0.15) is 0 Å². The average Bonchev–Trinajstić information content (AvgIpc) is 3.03. The number of carbonyl (C=O) groups excluding carboxylic acids is 1. The second-order valence-corrected chi connectivity index (χ2v) is 11.0. The fraction of sp³-hybridized carbons (Fsp3) is 0.500. The predicted molar refractivity (Wildman–Crippen MR) is 122 cm³/mol. The number of piperidine rings is 1. The van der Waals surface area contributed by atoms with Crippen LogP contribution in [0.25, 0.3) is 21.7 Å². The smallest absolute Gasteiger partial charge is 0.222 e. The molecule has 5 heteroatoms. The van der Waals surface area contributed by atoms with Gasteiger partial charge in [0.15, 0.2) is 5.78 Å². The predicted octanol–water partition coefficient (Wildman–Crippen LogP) is 3.11. The molecule has 0 spiro atoms. The van der Waals surface area contributed by atoms with E-state index >= 15 is 0 Å². The van der Waals surface area contributed by atoms with E-state index < -0.39 is 0 Å². The number of hydrogen-bond donors (Lipinski definition) is 2. The van der Waals surface area contributed by atoms with Crippen molar-refractivity contribution < 1.29 is 24.2 Å². The summed E-state index contributed by atoms with van der Waals surface area (Å²) in [5.74, 6) is 1.68. The SMILES string of the molecule is CC(=O)c1c(C)oc2c1c1c(c3ccccc32)OC[NH+](C2CC(C)(C)[NH2+]C(C)(C)C2)C1. The summed E-state index contributed by atoms with van der Waals surface area (Å²) >= 11 is 0. The Kier molecular flexibility index (Phi) is 4.51. The Morgan fingerprint density at radius 2 is 1.74 bits per heavy atom. The normalized spacial score (nSPS) is 23.0. The van der Waals surface area contributed by atoms with Crippen LogP contribution >= 0.6 is 0 Å². The molecule has 3 heterocycles. The van der Waals surface area contributed by atoms with Crippen LogP contribution in [0.4, 0.5) is 0 Å². The van der Waals surface area contributed by atoms with Crippen molar-refractivity contribution in [1.29, 1.82) is 0 Å². The van der Waals surface area contributed by atoms with E-state index in [-0.39, 0.29) is 16.9 Å². The molecule has 0 saturated carbocycles. The zero-order valence-corrected chi connectivity index (χ0v) is 19.5. The van der Waals surface area contributed by atoms with Gasteiger partial charge in [-0.1, -0.05) is 24.3 Å². The molecule has 3 aromatic rings. The summed E-state index contributed by atoms with van der Waals surface area (Å²) in [7, 11) is 0. The van der Waals surface area contributed by atoms with Crippen molar-refractivity contribution >= 4 is 27.5 Å². The van der Waals surface area contributed by atoms with Crippen LogP contribution in [0.5, 0.6) is 5.75 Å². The molecule has 0 radical (unpaired) electrons. The summed E-state index contributed by atoms with van der Waals surface area (Å²) in [6, 6.07) is 8.74. The summed E-state index contributed by atoms with van der Waals surface area (Å²) < 4.78 is 12.7. The van der Waals surface area contributed by atoms with E-state index in [0.29, 0.717) is 24.1 Å². The van der Waals surface area contributed by atoms with Gasteiger partial charge in [-0.25, -0.2) is 0 Å². The van der Waals surface area contributed by atoms with Crippen molar-refractivity contribution in [3.63, 3.8) is 0 Å². The molecule has 2 aliphatic rings. The number of carbonyl (C=O) groups is 1. The molecule has 0 aliphatic carbocycles. The van der Waals surface area contributed by atoms with Crippen LogP contribution < -0.4 is 15.0 Å². The van der Waals surface area contributed by atoms with Crippen LogP contribution in [-0.4, -0.2) is 29.6 Å². The first-order valence-electron chi connectivity index (χ1n) is 11.4. The lowest BCUT2D eigenvalue weighted by Gasteiger charge is -2.45. The maximum absolute atomic E-state index is 12.6. The number of ketones is 1. The molecule has 1 saturated heterocycles. The van der Waals surface area contributed by atoms with E-state index in [2.05, 4.69) is 45.1 Å². The molecule has 1 aromatic heterocycles. The molecular weight excluding hydrogens is 388 g/mol. The molecule has 2 aliphatic heterocycles. The minimum absolute atomic E-state index is 0.0513. The van der Waals surface area contributed by atoms with Gasteiger partial charge in [-0.3, -0.25) is 9.69 Å². The number of benzene rings is 2. The van der Waals surface area contributed by atoms with Crippen molar-refractivity contribution in [3.05, 3.63) is 41.2 Å². The van der Waals surface area contributed by atoms with Crippen LogP contribution in [-0.2, 0) is 6.54 Å². The van der Waals surface area contributed by atoms with Crippen LogP contribution in [0.15, 0.2) is 28.7 Å². The van der Waals surface area contributed by atoms with Gasteiger partial charge in [0.25, 0.3) is 0 Å². The minimum Gasteiger partial charge on any atom is -0.460 e. The number of aryl methyl sites for hydroxylation is 1. The molecular formula is C26H34N2O3+2. The summed E-state index contributed by atoms with van der Waals surface area (Å²) in [5, 5.41) is 5.57. The first-order valence-corrected chi connectivity index (χ1v) is 11.4. The van der Waals surface area contributed by atoms with Gasteiger partial charge in [-0.15, -0.1) is 0 Å². The highest BCUT2D eigenvalue weighted by atomic mass is 16.5. The fourth-order valence-electron chi connectivity index (χ4n) is 6.45. The Bertz CT molecular complexity index is 1190. The fourth-order valence-corrected chi connectivity index (χ4v) is 6.45. The van der Waals surface area contributed by atoms with Gasteiger partial charge < -0.3 is 14.5 Å². The number of hydrogen-bond acceptors (Lipinski definition) is 3. The number of Topliss-reactive ketones (excluding diaryl/α,β-unsaturated/α-hetero) is 1. The molecule has 164 valence electrons. The third-order valence-electron chi connectivity index (χ3n) is 7.14. The largest absolute Gasteiger partial charge is 0.460 e. The van der Waals surface area contributed by atoms with Gasteiger partial charge in [0.2, 0.25) is 6.73 Å². The van der Waals surface area contributed by atoms with Crippen molar-refractivity contribution in [2.24, 2.45) is 0 Å². The number of ether oxygens (including phenoxy) is 1. The highest BCUT2D eigenvalue weighted by Crippen LogP contribution is 2.42. The molecule has 3 N–H and O–H groups in total. The third-order valence-corrected chi connectivity index (χ3v) is 7.14. The molecule has 1 fully saturated rings. The molecule has 1 atom stereocenters. The van der Waals surface area contributed by atoms with E-state index in [9.17, 15) is 4.79 Å². The van der Waals surface area contributed by atoms with E-state index in [4.69, 9.17) is 9.15 Å². The highest BCUT2D eigenvalue weighted by molar-refractivity contribution is 6.17. The van der Waals surface area contributed by atoms with Gasteiger partial charge in [0, 0.05) is 16.2 Å². The van der Waals surface area contributed by atoms with Crippen molar-refractivity contribution in [2.75, 3.05) is 6.73 Å². The van der Waals surface area contributed by atoms with Gasteiger partial charge >= 0.3 is 0 Å². The topological polar surface area (TPSA) is 60.5 Å². The first kappa shape index (κ1) is 20.5. The maximum atomic E-state index is 12.6. The quantitative estimate of drug-likeness (QED) is 0.624. The Labute approximate surface area is 183 Å². The number of nitrogens with two attached hydrogens (primary N) is 1. The summed E-state index contributed by atoms with van der Waals surface area (Å²) in [6.45, 7) is 14.4. The number of quaternary nitrogens is 2. The Morgan fingerprint density at radius 1 is 1.10 bits per heavy atom. The second kappa shape index (κ2) is 6.81. The molecule has 2 aromatic carbocycles. The van der Waals surface area contributed by atoms with Crippen molar-refractivity contribution in [1.82, 2.24) is 0 Å². The maximum Gasteiger partial charge on any atom is 0.222 e. The monoisotopic (exact) mass is 422 g/mol. The molecule has 0 bridgehead atoms. The van der Waals surface area contributed by atoms with Crippen LogP contribution in [0.2, 0.25) is 0 Å². The summed E-state index contributed by atoms with van der Waals surface area (Å²) in [4.78, 5) is 14.1. The second-order valence-electron chi connectivity index (χ2n) is 11.0. The van der Waals surface area contributed by atoms with E-state index in [1.165, 1.54) is 4.90 Å². The Hall–Kier alpha value is -2.37. The van der Waals surface area contributed by atoms with Crippen LogP contribution in [0.3, 0.4) is 0 Å². The number of nitrogens with one attached hydrogen (secondary N) is 1. The number of furan rings is 1. The average molecular weight is 423 g/mol. The Balaban J connectivity index is 1.67. The van der Waals surface area contributed by atoms with E-state index in [0.717, 1.165) is 52.4 Å². The summed E-state index contributed by atoms with van der Waals surface area (Å²) in [5.41, 5.74) is 3.06. The zero-order valence-electron chi connectivity index (χ0n) is 19.5. The van der Waals surface area contributed by atoms with Crippen LogP contribution in [0.1, 0.15) is 69.1 Å². The lowest BCUT2D eigenvalue weighted by molar-refractivity contribution is -0.969. The van der Waals surface area contributed by atoms with Gasteiger partial charge in [0.05, 0.1) is 35.0 Å². The Morgan fingerprint density at radius 3 is 2.39 bits per heavy atom. The number of fused-ring (bicyclic) bond motifs is 6. The molecule has 5 rings (SSSR count). The van der Waals surface area contributed by atoms with E-state index in [1.807, 2.05) is 19.1 Å². The standard InChI is InChI=1S/C26H32N2O3/c1-15(29)21-16(2)31-24-19-10-8-7-9-18(19)23-20(22(21)24)13-28(14-30-23)17-11-25(3,4)27-26(5,6)12-17/h7-10,17,27H,11-14H2,1-6H3/p+2. The van der Waals surface area contributed by atoms with Crippen LogP contribution in [0, 0.1) is 6.92 Å². The van der Waals surface area contributed by atoms with Crippen molar-refractivity contribution in [2.45, 2.75) is 78.0 Å². The lowest BCUT2D eigenvalue weighted by Crippen LogP contribution is -3.19. The zero-order chi connectivity index (χ0) is 22.1. The van der Waals surface area contributed by atoms with Gasteiger partial charge in [-0.05, 0) is 41.5 Å². The lowest BCUT2D eigenvalue weighted by atomic mass is 9.79.